The Morgan fingerprint density at radius 3 is 3.04 bits per heavy atom. The Kier molecular flexibility index (Phi) is 4.16. The van der Waals surface area contributed by atoms with Gasteiger partial charge in [-0.15, -0.1) is 0 Å². The molecule has 1 amide bonds. The van der Waals surface area contributed by atoms with Crippen LogP contribution < -0.4 is 0 Å². The molecule has 28 heavy (non-hydrogen) atoms. The van der Waals surface area contributed by atoms with E-state index in [1.165, 1.54) is 5.56 Å². The second-order valence-corrected chi connectivity index (χ2v) is 7.95. The van der Waals surface area contributed by atoms with Crippen LogP contribution in [0.1, 0.15) is 52.1 Å². The van der Waals surface area contributed by atoms with Crippen molar-refractivity contribution in [3.8, 4) is 0 Å². The minimum absolute atomic E-state index is 0.0424. The van der Waals surface area contributed by atoms with E-state index in [9.17, 15) is 4.79 Å². The van der Waals surface area contributed by atoms with Crippen LogP contribution in [0.4, 0.5) is 0 Å². The molecule has 1 atom stereocenters. The molecule has 0 aliphatic carbocycles. The monoisotopic (exact) mass is 376 g/mol. The molecule has 6 heteroatoms. The molecular weight excluding hydrogens is 352 g/mol. The molecule has 0 radical (unpaired) electrons. The van der Waals surface area contributed by atoms with Crippen LogP contribution >= 0.6 is 0 Å². The number of carbonyl (C=O) groups is 1. The van der Waals surface area contributed by atoms with Gasteiger partial charge in [-0.25, -0.2) is 9.97 Å². The van der Waals surface area contributed by atoms with E-state index in [-0.39, 0.29) is 11.9 Å². The summed E-state index contributed by atoms with van der Waals surface area (Å²) in [5, 5.41) is 0.966. The first-order valence-electron chi connectivity index (χ1n) is 9.93. The molecule has 4 heterocycles. The first-order chi connectivity index (χ1) is 13.6. The van der Waals surface area contributed by atoms with Gasteiger partial charge in [-0.2, -0.15) is 0 Å². The van der Waals surface area contributed by atoms with Gasteiger partial charge >= 0.3 is 0 Å². The Balaban J connectivity index is 1.43. The van der Waals surface area contributed by atoms with Gasteiger partial charge in [0.1, 0.15) is 11.3 Å². The molecule has 1 aromatic carbocycles. The standard InChI is InChI=1S/C22H24N4O2/c1-14-10-16-11-15(5-6-20(16)28-14)22(27)26-8-3-4-19(26)21-23-12-17-13-25(2)9-7-18(17)24-21/h5-6,10-12,19H,3-4,7-9,13H2,1-2H3. The number of likely N-dealkylation sites (tertiary alicyclic amines) is 1. The summed E-state index contributed by atoms with van der Waals surface area (Å²) >= 11 is 0. The first kappa shape index (κ1) is 17.4. The van der Waals surface area contributed by atoms with E-state index in [1.807, 2.05) is 42.3 Å². The van der Waals surface area contributed by atoms with Crippen molar-refractivity contribution in [1.82, 2.24) is 19.8 Å². The van der Waals surface area contributed by atoms with Crippen molar-refractivity contribution in [3.63, 3.8) is 0 Å². The van der Waals surface area contributed by atoms with Gasteiger partial charge < -0.3 is 14.2 Å². The summed E-state index contributed by atoms with van der Waals surface area (Å²) in [6.45, 7) is 4.58. The predicted octanol–water partition coefficient (Wildman–Crippen LogP) is 3.50. The van der Waals surface area contributed by atoms with Gasteiger partial charge in [0, 0.05) is 54.5 Å². The summed E-state index contributed by atoms with van der Waals surface area (Å²) in [7, 11) is 2.12. The molecule has 3 aromatic rings. The highest BCUT2D eigenvalue weighted by molar-refractivity contribution is 5.98. The average molecular weight is 376 g/mol. The molecule has 5 rings (SSSR count). The number of likely N-dealkylation sites (N-methyl/N-ethyl adjacent to an activating group) is 1. The number of aromatic nitrogens is 2. The Morgan fingerprint density at radius 1 is 1.25 bits per heavy atom. The molecule has 2 aromatic heterocycles. The van der Waals surface area contributed by atoms with Crippen molar-refractivity contribution in [1.29, 1.82) is 0 Å². The summed E-state index contributed by atoms with van der Waals surface area (Å²) in [4.78, 5) is 27.0. The molecule has 144 valence electrons. The van der Waals surface area contributed by atoms with Gasteiger partial charge in [0.05, 0.1) is 6.04 Å². The Bertz CT molecular complexity index is 1060. The lowest BCUT2D eigenvalue weighted by Gasteiger charge is -2.27. The lowest BCUT2D eigenvalue weighted by molar-refractivity contribution is 0.0729. The summed E-state index contributed by atoms with van der Waals surface area (Å²) in [5.41, 5.74) is 3.85. The number of hydrogen-bond donors (Lipinski definition) is 0. The van der Waals surface area contributed by atoms with Crippen molar-refractivity contribution < 1.29 is 9.21 Å². The van der Waals surface area contributed by atoms with Crippen LogP contribution in [0.3, 0.4) is 0 Å². The van der Waals surface area contributed by atoms with E-state index in [0.29, 0.717) is 5.56 Å². The number of carbonyl (C=O) groups excluding carboxylic acids is 1. The fourth-order valence-corrected chi connectivity index (χ4v) is 4.39. The predicted molar refractivity (Wildman–Crippen MR) is 106 cm³/mol. The molecular formula is C22H24N4O2. The molecule has 0 saturated carbocycles. The Hall–Kier alpha value is -2.73. The van der Waals surface area contributed by atoms with Crippen molar-refractivity contribution in [3.05, 3.63) is 58.9 Å². The fraction of sp³-hybridized carbons (Fsp3) is 0.409. The van der Waals surface area contributed by atoms with Crippen LogP contribution in [-0.2, 0) is 13.0 Å². The maximum atomic E-state index is 13.2. The van der Waals surface area contributed by atoms with Crippen LogP contribution in [0.2, 0.25) is 0 Å². The molecule has 0 N–H and O–H groups in total. The zero-order valence-electron chi connectivity index (χ0n) is 16.3. The van der Waals surface area contributed by atoms with Crippen LogP contribution in [0.25, 0.3) is 11.0 Å². The van der Waals surface area contributed by atoms with Gasteiger partial charge in [-0.3, -0.25) is 4.79 Å². The smallest absolute Gasteiger partial charge is 0.254 e. The van der Waals surface area contributed by atoms with Crippen molar-refractivity contribution in [2.45, 2.75) is 38.8 Å². The van der Waals surface area contributed by atoms with Gasteiger partial charge in [-0.1, -0.05) is 0 Å². The number of rotatable bonds is 2. The molecule has 1 unspecified atom stereocenters. The third kappa shape index (κ3) is 2.98. The second-order valence-electron chi connectivity index (χ2n) is 7.95. The highest BCUT2D eigenvalue weighted by Crippen LogP contribution is 2.32. The van der Waals surface area contributed by atoms with Crippen LogP contribution in [0.15, 0.2) is 34.9 Å². The molecule has 0 bridgehead atoms. The minimum Gasteiger partial charge on any atom is -0.461 e. The molecule has 0 spiro atoms. The second kappa shape index (κ2) is 6.71. The van der Waals surface area contributed by atoms with Crippen molar-refractivity contribution >= 4 is 16.9 Å². The number of fused-ring (bicyclic) bond motifs is 2. The number of nitrogens with zero attached hydrogens (tertiary/aromatic N) is 4. The molecule has 2 aliphatic rings. The minimum atomic E-state index is -0.0424. The van der Waals surface area contributed by atoms with Crippen LogP contribution in [0.5, 0.6) is 0 Å². The van der Waals surface area contributed by atoms with Gasteiger partial charge in [0.2, 0.25) is 0 Å². The maximum Gasteiger partial charge on any atom is 0.254 e. The van der Waals surface area contributed by atoms with E-state index in [1.54, 1.807) is 0 Å². The number of furan rings is 1. The SMILES string of the molecule is Cc1cc2cc(C(=O)N3CCCC3c3ncc4c(n3)CCN(C)C4)ccc2o1. The zero-order valence-corrected chi connectivity index (χ0v) is 16.3. The Morgan fingerprint density at radius 2 is 2.14 bits per heavy atom. The summed E-state index contributed by atoms with van der Waals surface area (Å²) in [5.74, 6) is 1.69. The lowest BCUT2D eigenvalue weighted by Crippen LogP contribution is -2.32. The Labute approximate surface area is 164 Å². The van der Waals surface area contributed by atoms with E-state index < -0.39 is 0 Å². The van der Waals surface area contributed by atoms with E-state index in [4.69, 9.17) is 9.40 Å². The summed E-state index contributed by atoms with van der Waals surface area (Å²) < 4.78 is 5.63. The zero-order chi connectivity index (χ0) is 19.3. The normalized spacial score (nSPS) is 19.9. The number of aryl methyl sites for hydroxylation is 1. The average Bonchev–Trinajstić information content (AvgIpc) is 3.32. The molecule has 1 fully saturated rings. The molecule has 6 nitrogen and oxygen atoms in total. The van der Waals surface area contributed by atoms with Gasteiger partial charge in [0.25, 0.3) is 5.91 Å². The third-order valence-electron chi connectivity index (χ3n) is 5.84. The van der Waals surface area contributed by atoms with Crippen molar-refractivity contribution in [2.24, 2.45) is 0 Å². The maximum absolute atomic E-state index is 13.2. The highest BCUT2D eigenvalue weighted by Gasteiger charge is 2.33. The quantitative estimate of drug-likeness (QED) is 0.685. The van der Waals surface area contributed by atoms with Gasteiger partial charge in [0.15, 0.2) is 5.82 Å². The largest absolute Gasteiger partial charge is 0.461 e. The van der Waals surface area contributed by atoms with Crippen molar-refractivity contribution in [2.75, 3.05) is 20.1 Å². The topological polar surface area (TPSA) is 62.5 Å². The number of hydrogen-bond acceptors (Lipinski definition) is 5. The van der Waals surface area contributed by atoms with E-state index in [0.717, 1.165) is 67.1 Å². The number of benzene rings is 1. The number of amides is 1. The van der Waals surface area contributed by atoms with E-state index in [2.05, 4.69) is 16.9 Å². The van der Waals surface area contributed by atoms with E-state index >= 15 is 0 Å². The highest BCUT2D eigenvalue weighted by atomic mass is 16.3. The van der Waals surface area contributed by atoms with Gasteiger partial charge in [-0.05, 0) is 51.1 Å². The molecule has 2 aliphatic heterocycles. The third-order valence-corrected chi connectivity index (χ3v) is 5.84. The summed E-state index contributed by atoms with van der Waals surface area (Å²) in [6.07, 6.45) is 4.79. The van der Waals surface area contributed by atoms with Crippen LogP contribution in [-0.4, -0.2) is 45.8 Å². The van der Waals surface area contributed by atoms with Crippen LogP contribution in [0, 0.1) is 6.92 Å². The fourth-order valence-electron chi connectivity index (χ4n) is 4.39. The summed E-state index contributed by atoms with van der Waals surface area (Å²) in [6, 6.07) is 7.59. The molecule has 1 saturated heterocycles. The first-order valence-corrected chi connectivity index (χ1v) is 9.93. The lowest BCUT2D eigenvalue weighted by atomic mass is 10.1.